The van der Waals surface area contributed by atoms with Gasteiger partial charge >= 0.3 is 6.16 Å². The van der Waals surface area contributed by atoms with Crippen molar-refractivity contribution in [3.05, 3.63) is 0 Å². The summed E-state index contributed by atoms with van der Waals surface area (Å²) < 4.78 is 11.0. The van der Waals surface area contributed by atoms with Gasteiger partial charge in [0.2, 0.25) is 0 Å². The van der Waals surface area contributed by atoms with E-state index in [4.69, 9.17) is 9.47 Å². The Morgan fingerprint density at radius 2 is 0.821 bits per heavy atom. The van der Waals surface area contributed by atoms with E-state index >= 15 is 0 Å². The Hall–Kier alpha value is -0.730. The number of ether oxygens (including phenoxy) is 2. The fraction of sp³-hybridized carbons (Fsp3) is 0.960. The molecule has 0 aliphatic heterocycles. The summed E-state index contributed by atoms with van der Waals surface area (Å²) in [5.74, 6) is 0.992. The molecule has 0 N–H and O–H groups in total. The van der Waals surface area contributed by atoms with Crippen LogP contribution in [-0.4, -0.2) is 19.4 Å². The first-order valence-electron chi connectivity index (χ1n) is 12.5. The molecule has 168 valence electrons. The normalized spacial score (nSPS) is 11.4. The number of hydrogen-bond donors (Lipinski definition) is 0. The molecule has 0 spiro atoms. The zero-order valence-electron chi connectivity index (χ0n) is 19.6. The van der Waals surface area contributed by atoms with E-state index in [0.29, 0.717) is 25.0 Å². The van der Waals surface area contributed by atoms with Crippen LogP contribution < -0.4 is 0 Å². The van der Waals surface area contributed by atoms with Gasteiger partial charge in [-0.15, -0.1) is 0 Å². The lowest BCUT2D eigenvalue weighted by Gasteiger charge is -2.19. The van der Waals surface area contributed by atoms with Gasteiger partial charge in [-0.2, -0.15) is 0 Å². The van der Waals surface area contributed by atoms with Crippen molar-refractivity contribution >= 4 is 6.16 Å². The molecule has 0 aromatic rings. The van der Waals surface area contributed by atoms with Crippen LogP contribution >= 0.6 is 0 Å². The number of hydrogen-bond acceptors (Lipinski definition) is 3. The van der Waals surface area contributed by atoms with E-state index in [9.17, 15) is 4.79 Å². The Morgan fingerprint density at radius 1 is 0.536 bits per heavy atom. The first kappa shape index (κ1) is 27.3. The van der Waals surface area contributed by atoms with Gasteiger partial charge in [-0.05, 0) is 37.5 Å². The smallest absolute Gasteiger partial charge is 0.434 e. The maximum absolute atomic E-state index is 12.1. The van der Waals surface area contributed by atoms with Gasteiger partial charge in [0.05, 0.1) is 13.2 Å². The van der Waals surface area contributed by atoms with Crippen LogP contribution in [0, 0.1) is 11.8 Å². The summed E-state index contributed by atoms with van der Waals surface area (Å²) in [7, 11) is 0. The zero-order chi connectivity index (χ0) is 20.9. The highest BCUT2D eigenvalue weighted by Crippen LogP contribution is 2.20. The molecule has 0 aliphatic carbocycles. The third kappa shape index (κ3) is 17.4. The molecular formula is C25H50O3. The van der Waals surface area contributed by atoms with E-state index < -0.39 is 6.16 Å². The quantitative estimate of drug-likeness (QED) is 0.152. The van der Waals surface area contributed by atoms with E-state index in [1.54, 1.807) is 0 Å². The minimum absolute atomic E-state index is 0.452. The Morgan fingerprint density at radius 3 is 1.07 bits per heavy atom. The van der Waals surface area contributed by atoms with E-state index in [-0.39, 0.29) is 0 Å². The summed E-state index contributed by atoms with van der Waals surface area (Å²) in [6, 6.07) is 0. The Labute approximate surface area is 176 Å². The molecule has 0 saturated heterocycles. The van der Waals surface area contributed by atoms with Crippen LogP contribution in [0.2, 0.25) is 0 Å². The van der Waals surface area contributed by atoms with Gasteiger partial charge in [-0.3, -0.25) is 0 Å². The molecule has 0 atom stereocenters. The third-order valence-corrected chi connectivity index (χ3v) is 5.74. The standard InChI is InChI=1S/C25H50O3/c1-5-9-13-17-23(18-14-10-6-2)21-27-25(26)28-22-24(19-15-11-7-3)20-16-12-8-4/h23-24H,5-22H2,1-4H3. The van der Waals surface area contributed by atoms with Gasteiger partial charge in [0, 0.05) is 0 Å². The molecule has 0 rings (SSSR count). The molecular weight excluding hydrogens is 348 g/mol. The van der Waals surface area contributed by atoms with Gasteiger partial charge < -0.3 is 9.47 Å². The summed E-state index contributed by atoms with van der Waals surface area (Å²) in [4.78, 5) is 12.1. The van der Waals surface area contributed by atoms with E-state index in [2.05, 4.69) is 27.7 Å². The third-order valence-electron chi connectivity index (χ3n) is 5.74. The molecule has 0 amide bonds. The summed E-state index contributed by atoms with van der Waals surface area (Å²) in [5.41, 5.74) is 0. The van der Waals surface area contributed by atoms with Crippen molar-refractivity contribution in [1.29, 1.82) is 0 Å². The van der Waals surface area contributed by atoms with Crippen molar-refractivity contribution < 1.29 is 14.3 Å². The van der Waals surface area contributed by atoms with Crippen molar-refractivity contribution in [2.45, 2.75) is 130 Å². The van der Waals surface area contributed by atoms with Gasteiger partial charge in [0.1, 0.15) is 0 Å². The second-order valence-electron chi connectivity index (χ2n) is 8.59. The molecule has 0 saturated carbocycles. The second kappa shape index (κ2) is 21.0. The minimum Gasteiger partial charge on any atom is -0.434 e. The molecule has 28 heavy (non-hydrogen) atoms. The topological polar surface area (TPSA) is 35.5 Å². The van der Waals surface area contributed by atoms with Crippen LogP contribution in [0.3, 0.4) is 0 Å². The largest absolute Gasteiger partial charge is 0.508 e. The molecule has 0 aromatic heterocycles. The van der Waals surface area contributed by atoms with Gasteiger partial charge in [0.25, 0.3) is 0 Å². The average Bonchev–Trinajstić information content (AvgIpc) is 2.70. The lowest BCUT2D eigenvalue weighted by atomic mass is 9.96. The predicted molar refractivity (Wildman–Crippen MR) is 121 cm³/mol. The second-order valence-corrected chi connectivity index (χ2v) is 8.59. The fourth-order valence-electron chi connectivity index (χ4n) is 3.77. The fourth-order valence-corrected chi connectivity index (χ4v) is 3.77. The maximum atomic E-state index is 12.1. The molecule has 0 bridgehead atoms. The van der Waals surface area contributed by atoms with E-state index in [1.807, 2.05) is 0 Å². The average molecular weight is 399 g/mol. The lowest BCUT2D eigenvalue weighted by molar-refractivity contribution is 0.0300. The Balaban J connectivity index is 4.21. The van der Waals surface area contributed by atoms with Crippen molar-refractivity contribution in [3.63, 3.8) is 0 Å². The molecule has 0 aliphatic rings. The van der Waals surface area contributed by atoms with Crippen LogP contribution in [0.25, 0.3) is 0 Å². The Bertz CT molecular complexity index is 280. The highest BCUT2D eigenvalue weighted by Gasteiger charge is 2.15. The van der Waals surface area contributed by atoms with Crippen LogP contribution in [0.15, 0.2) is 0 Å². The van der Waals surface area contributed by atoms with E-state index in [1.165, 1.54) is 103 Å². The lowest BCUT2D eigenvalue weighted by Crippen LogP contribution is -2.19. The first-order chi connectivity index (χ1) is 13.7. The van der Waals surface area contributed by atoms with E-state index in [0.717, 1.165) is 0 Å². The monoisotopic (exact) mass is 398 g/mol. The number of unbranched alkanes of at least 4 members (excludes halogenated alkanes) is 8. The van der Waals surface area contributed by atoms with Gasteiger partial charge in [-0.25, -0.2) is 4.79 Å². The van der Waals surface area contributed by atoms with Crippen LogP contribution in [-0.2, 0) is 9.47 Å². The van der Waals surface area contributed by atoms with Crippen molar-refractivity contribution in [2.24, 2.45) is 11.8 Å². The van der Waals surface area contributed by atoms with Crippen LogP contribution in [0.5, 0.6) is 0 Å². The summed E-state index contributed by atoms with van der Waals surface area (Å²) >= 11 is 0. The first-order valence-corrected chi connectivity index (χ1v) is 12.5. The Kier molecular flexibility index (Phi) is 20.4. The van der Waals surface area contributed by atoms with Crippen molar-refractivity contribution in [1.82, 2.24) is 0 Å². The molecule has 0 aromatic carbocycles. The zero-order valence-corrected chi connectivity index (χ0v) is 19.6. The summed E-state index contributed by atoms with van der Waals surface area (Å²) in [6.45, 7) is 9.99. The number of carbonyl (C=O) groups is 1. The summed E-state index contributed by atoms with van der Waals surface area (Å²) in [5, 5.41) is 0. The van der Waals surface area contributed by atoms with Crippen molar-refractivity contribution in [3.8, 4) is 0 Å². The highest BCUT2D eigenvalue weighted by atomic mass is 16.7. The SMILES string of the molecule is CCCCCC(CCCCC)COC(=O)OCC(CCCCC)CCCCC. The maximum Gasteiger partial charge on any atom is 0.508 e. The van der Waals surface area contributed by atoms with Crippen molar-refractivity contribution in [2.75, 3.05) is 13.2 Å². The highest BCUT2D eigenvalue weighted by molar-refractivity contribution is 5.59. The molecule has 0 fully saturated rings. The molecule has 3 nitrogen and oxygen atoms in total. The molecule has 3 heteroatoms. The number of carbonyl (C=O) groups excluding carboxylic acids is 1. The van der Waals surface area contributed by atoms with Crippen LogP contribution in [0.4, 0.5) is 4.79 Å². The van der Waals surface area contributed by atoms with Gasteiger partial charge in [-0.1, -0.05) is 105 Å². The predicted octanol–water partition coefficient (Wildman–Crippen LogP) is 8.69. The minimum atomic E-state index is -0.452. The van der Waals surface area contributed by atoms with Gasteiger partial charge in [0.15, 0.2) is 0 Å². The van der Waals surface area contributed by atoms with Crippen LogP contribution in [0.1, 0.15) is 130 Å². The molecule has 0 heterocycles. The molecule has 0 radical (unpaired) electrons. The number of rotatable bonds is 20. The summed E-state index contributed by atoms with van der Waals surface area (Å²) in [6.07, 6.45) is 19.2. The molecule has 0 unspecified atom stereocenters.